The lowest BCUT2D eigenvalue weighted by atomic mass is 10.1. The fraction of sp³-hybridized carbons (Fsp3) is 0.333. The molecule has 6 nitrogen and oxygen atoms in total. The Labute approximate surface area is 162 Å². The van der Waals surface area contributed by atoms with Crippen LogP contribution in [0.25, 0.3) is 0 Å². The highest BCUT2D eigenvalue weighted by Gasteiger charge is 2.20. The van der Waals surface area contributed by atoms with Crippen molar-refractivity contribution in [2.45, 2.75) is 25.5 Å². The number of aliphatic carboxylic acids is 1. The van der Waals surface area contributed by atoms with Gasteiger partial charge in [-0.15, -0.1) is 0 Å². The lowest BCUT2D eigenvalue weighted by Crippen LogP contribution is -2.35. The minimum Gasteiger partial charge on any atom is -0.491 e. The number of carboxylic acids is 1. The van der Waals surface area contributed by atoms with Gasteiger partial charge in [0.05, 0.1) is 6.10 Å². The Bertz CT molecular complexity index is 801. The number of carbonyl (C=O) groups excluding carboxylic acids is 1. The molecule has 1 unspecified atom stereocenters. The van der Waals surface area contributed by atoms with E-state index in [1.165, 1.54) is 29.2 Å². The summed E-state index contributed by atoms with van der Waals surface area (Å²) in [5.74, 6) is -1.31. The largest absolute Gasteiger partial charge is 0.491 e. The zero-order valence-electron chi connectivity index (χ0n) is 15.3. The maximum absolute atomic E-state index is 13.1. The summed E-state index contributed by atoms with van der Waals surface area (Å²) in [4.78, 5) is 25.1. The normalized spacial score (nSPS) is 16.0. The van der Waals surface area contributed by atoms with Crippen LogP contribution in [0.4, 0.5) is 4.39 Å². The molecule has 1 saturated heterocycles. The fourth-order valence-corrected chi connectivity index (χ4v) is 3.01. The molecule has 1 N–H and O–H groups in total. The molecule has 0 aliphatic carbocycles. The van der Waals surface area contributed by atoms with Crippen molar-refractivity contribution in [3.8, 4) is 5.75 Å². The smallest absolute Gasteiger partial charge is 0.323 e. The molecule has 7 heteroatoms. The maximum Gasteiger partial charge on any atom is 0.323 e. The number of benzene rings is 2. The predicted octanol–water partition coefficient (Wildman–Crippen LogP) is 3.11. The van der Waals surface area contributed by atoms with Crippen molar-refractivity contribution in [1.29, 1.82) is 0 Å². The van der Waals surface area contributed by atoms with Crippen LogP contribution in [0.15, 0.2) is 48.5 Å². The zero-order chi connectivity index (χ0) is 19.9. The third-order valence-corrected chi connectivity index (χ3v) is 4.46. The van der Waals surface area contributed by atoms with E-state index in [1.807, 2.05) is 0 Å². The summed E-state index contributed by atoms with van der Waals surface area (Å²) in [7, 11) is 0. The summed E-state index contributed by atoms with van der Waals surface area (Å²) in [6, 6.07) is 12.2. The van der Waals surface area contributed by atoms with Crippen LogP contribution < -0.4 is 4.74 Å². The van der Waals surface area contributed by atoms with E-state index in [-0.39, 0.29) is 12.6 Å². The van der Waals surface area contributed by atoms with Crippen molar-refractivity contribution in [2.75, 3.05) is 19.8 Å². The van der Waals surface area contributed by atoms with Crippen LogP contribution in [0.1, 0.15) is 28.8 Å². The van der Waals surface area contributed by atoms with E-state index in [1.54, 1.807) is 24.3 Å². The van der Waals surface area contributed by atoms with E-state index < -0.39 is 24.2 Å². The lowest BCUT2D eigenvalue weighted by Gasteiger charge is -2.21. The Morgan fingerprint density at radius 2 is 1.86 bits per heavy atom. The van der Waals surface area contributed by atoms with Crippen LogP contribution in [-0.2, 0) is 16.1 Å². The molecule has 1 aliphatic rings. The Morgan fingerprint density at radius 1 is 1.14 bits per heavy atom. The number of hydrogen-bond donors (Lipinski definition) is 1. The molecule has 0 spiro atoms. The van der Waals surface area contributed by atoms with Crippen LogP contribution in [0, 0.1) is 5.82 Å². The van der Waals surface area contributed by atoms with Gasteiger partial charge < -0.3 is 19.5 Å². The first-order chi connectivity index (χ1) is 13.5. The van der Waals surface area contributed by atoms with Crippen LogP contribution in [0.5, 0.6) is 5.75 Å². The van der Waals surface area contributed by atoms with Crippen molar-refractivity contribution < 1.29 is 28.6 Å². The van der Waals surface area contributed by atoms with E-state index in [9.17, 15) is 14.0 Å². The van der Waals surface area contributed by atoms with Crippen molar-refractivity contribution in [3.05, 3.63) is 65.5 Å². The molecule has 1 heterocycles. The number of nitrogens with zero attached hydrogens (tertiary/aromatic N) is 1. The Hall–Kier alpha value is -2.93. The average Bonchev–Trinajstić information content (AvgIpc) is 3.21. The molecule has 28 heavy (non-hydrogen) atoms. The van der Waals surface area contributed by atoms with E-state index >= 15 is 0 Å². The van der Waals surface area contributed by atoms with Gasteiger partial charge in [0.2, 0.25) is 0 Å². The summed E-state index contributed by atoms with van der Waals surface area (Å²) in [6.45, 7) is 0.841. The van der Waals surface area contributed by atoms with E-state index in [4.69, 9.17) is 14.6 Å². The molecular formula is C21H22FNO5. The molecule has 0 saturated carbocycles. The molecule has 0 bridgehead atoms. The third kappa shape index (κ3) is 5.53. The first-order valence-electron chi connectivity index (χ1n) is 9.11. The monoisotopic (exact) mass is 387 g/mol. The summed E-state index contributed by atoms with van der Waals surface area (Å²) in [6.07, 6.45) is 2.11. The molecule has 3 rings (SSSR count). The number of carbonyl (C=O) groups is 2. The molecule has 148 valence electrons. The van der Waals surface area contributed by atoms with Crippen LogP contribution in [-0.4, -0.2) is 47.7 Å². The van der Waals surface area contributed by atoms with E-state index in [2.05, 4.69) is 0 Å². The van der Waals surface area contributed by atoms with Gasteiger partial charge in [0, 0.05) is 18.7 Å². The summed E-state index contributed by atoms with van der Waals surface area (Å²) < 4.78 is 24.2. The fourth-order valence-electron chi connectivity index (χ4n) is 3.01. The first-order valence-corrected chi connectivity index (χ1v) is 9.11. The second-order valence-electron chi connectivity index (χ2n) is 6.65. The van der Waals surface area contributed by atoms with E-state index in [0.717, 1.165) is 19.4 Å². The number of ether oxygens (including phenoxy) is 2. The lowest BCUT2D eigenvalue weighted by molar-refractivity contribution is -0.137. The average molecular weight is 387 g/mol. The van der Waals surface area contributed by atoms with Gasteiger partial charge in [0.1, 0.15) is 24.7 Å². The molecule has 2 aromatic rings. The molecule has 1 aliphatic heterocycles. The van der Waals surface area contributed by atoms with Gasteiger partial charge >= 0.3 is 5.97 Å². The molecule has 1 amide bonds. The van der Waals surface area contributed by atoms with Gasteiger partial charge in [-0.05, 0) is 54.8 Å². The second-order valence-corrected chi connectivity index (χ2v) is 6.65. The summed E-state index contributed by atoms with van der Waals surface area (Å²) in [5.41, 5.74) is 1.00. The van der Waals surface area contributed by atoms with Gasteiger partial charge in [0.15, 0.2) is 0 Å². The Balaban J connectivity index is 1.65. The highest BCUT2D eigenvalue weighted by atomic mass is 19.1. The Kier molecular flexibility index (Phi) is 6.60. The van der Waals surface area contributed by atoms with Gasteiger partial charge in [-0.2, -0.15) is 0 Å². The topological polar surface area (TPSA) is 76.1 Å². The van der Waals surface area contributed by atoms with Crippen molar-refractivity contribution in [3.63, 3.8) is 0 Å². The SMILES string of the molecule is O=C(O)CN(Cc1ccc(F)cc1)C(=O)c1ccc(OCC2CCCO2)cc1. The minimum atomic E-state index is -1.12. The number of hydrogen-bond acceptors (Lipinski definition) is 4. The molecule has 2 aromatic carbocycles. The second kappa shape index (κ2) is 9.32. The molecule has 1 fully saturated rings. The number of carboxylic acid groups (broad SMARTS) is 1. The highest BCUT2D eigenvalue weighted by Crippen LogP contribution is 2.18. The first kappa shape index (κ1) is 19.8. The standard InChI is InChI=1S/C21H22FNO5/c22-17-7-3-15(4-8-17)12-23(13-20(24)25)21(26)16-5-9-18(10-6-16)28-14-19-2-1-11-27-19/h3-10,19H,1-2,11-14H2,(H,24,25). The molecule has 0 radical (unpaired) electrons. The van der Waals surface area contributed by atoms with Gasteiger partial charge in [-0.25, -0.2) is 4.39 Å². The number of halogens is 1. The van der Waals surface area contributed by atoms with Crippen molar-refractivity contribution in [2.24, 2.45) is 0 Å². The van der Waals surface area contributed by atoms with Crippen LogP contribution in [0.3, 0.4) is 0 Å². The molecule has 0 aromatic heterocycles. The minimum absolute atomic E-state index is 0.0721. The van der Waals surface area contributed by atoms with E-state index in [0.29, 0.717) is 23.5 Å². The van der Waals surface area contributed by atoms with Gasteiger partial charge in [-0.1, -0.05) is 12.1 Å². The zero-order valence-corrected chi connectivity index (χ0v) is 15.3. The van der Waals surface area contributed by atoms with Crippen LogP contribution in [0.2, 0.25) is 0 Å². The van der Waals surface area contributed by atoms with Crippen molar-refractivity contribution >= 4 is 11.9 Å². The quantitative estimate of drug-likeness (QED) is 0.753. The predicted molar refractivity (Wildman–Crippen MR) is 99.7 cm³/mol. The molecular weight excluding hydrogens is 365 g/mol. The van der Waals surface area contributed by atoms with Crippen molar-refractivity contribution in [1.82, 2.24) is 4.90 Å². The van der Waals surface area contributed by atoms with Gasteiger partial charge in [-0.3, -0.25) is 9.59 Å². The van der Waals surface area contributed by atoms with Gasteiger partial charge in [0.25, 0.3) is 5.91 Å². The maximum atomic E-state index is 13.1. The highest BCUT2D eigenvalue weighted by molar-refractivity contribution is 5.95. The summed E-state index contributed by atoms with van der Waals surface area (Å²) >= 11 is 0. The number of amides is 1. The van der Waals surface area contributed by atoms with Crippen LogP contribution >= 0.6 is 0 Å². The molecule has 1 atom stereocenters. The third-order valence-electron chi connectivity index (χ3n) is 4.46. The Morgan fingerprint density at radius 3 is 2.46 bits per heavy atom. The summed E-state index contributed by atoms with van der Waals surface area (Å²) in [5, 5.41) is 9.13. The number of rotatable bonds is 8.